The Kier molecular flexibility index (Phi) is 9.05. The summed E-state index contributed by atoms with van der Waals surface area (Å²) in [6.45, 7) is 8.44. The number of aromatic nitrogens is 3. The zero-order valence-corrected chi connectivity index (χ0v) is 23.8. The molecule has 0 radical (unpaired) electrons. The molecule has 1 aliphatic rings. The van der Waals surface area contributed by atoms with Crippen LogP contribution < -0.4 is 11.1 Å². The number of rotatable bonds is 10. The predicted molar refractivity (Wildman–Crippen MR) is 148 cm³/mol. The van der Waals surface area contributed by atoms with Gasteiger partial charge in [-0.05, 0) is 30.5 Å². The van der Waals surface area contributed by atoms with E-state index < -0.39 is 41.9 Å². The van der Waals surface area contributed by atoms with Gasteiger partial charge in [-0.25, -0.2) is 9.50 Å². The van der Waals surface area contributed by atoms with Gasteiger partial charge in [0.2, 0.25) is 5.91 Å². The van der Waals surface area contributed by atoms with Crippen LogP contribution in [0.25, 0.3) is 5.52 Å². The molecule has 12 nitrogen and oxygen atoms in total. The third kappa shape index (κ3) is 6.39. The lowest BCUT2D eigenvalue weighted by molar-refractivity contribution is -0.162. The molecule has 1 aliphatic heterocycles. The number of nitrogens with zero attached hydrogens (tertiary/aromatic N) is 3. The summed E-state index contributed by atoms with van der Waals surface area (Å²) in [5.74, 6) is -1.62. The lowest BCUT2D eigenvalue weighted by Gasteiger charge is -2.28. The SMILES string of the molecule is CC(C)C(=O)Nc1ncnn2c([C@]3(C)O[C@H](COC(=O)Cc4ccccc4)[C@@H](OC(=O)[C@@H](N)C(C)C)[C@H]3O)ccc12. The summed E-state index contributed by atoms with van der Waals surface area (Å²) in [6, 6.07) is 11.6. The summed E-state index contributed by atoms with van der Waals surface area (Å²) >= 11 is 0. The van der Waals surface area contributed by atoms with Crippen molar-refractivity contribution >= 4 is 29.2 Å². The highest BCUT2D eigenvalue weighted by molar-refractivity contribution is 5.94. The number of nitrogens with one attached hydrogen (secondary N) is 1. The molecule has 1 aromatic carbocycles. The highest BCUT2D eigenvalue weighted by atomic mass is 16.6. The standard InChI is InChI=1S/C29H37N5O7/c1-16(2)23(30)28(38)40-24-20(14-39-22(35)13-18-9-7-6-8-10-18)41-29(5,25(24)36)21-12-11-19-26(31-15-32-34(19)21)33-27(37)17(3)4/h6-12,15-17,20,23-25,36H,13-14,30H2,1-5H3,(H,31,32,33,37)/t20-,23+,24-,25-,29+/m1/s1. The Morgan fingerprint density at radius 2 is 1.85 bits per heavy atom. The van der Waals surface area contributed by atoms with Gasteiger partial charge in [0.05, 0.1) is 12.1 Å². The van der Waals surface area contributed by atoms with Gasteiger partial charge in [-0.1, -0.05) is 58.0 Å². The van der Waals surface area contributed by atoms with E-state index in [9.17, 15) is 19.5 Å². The second-order valence-corrected chi connectivity index (χ2v) is 11.0. The molecule has 1 amide bonds. The van der Waals surface area contributed by atoms with Crippen LogP contribution in [0.15, 0.2) is 48.8 Å². The number of carbonyl (C=O) groups excluding carboxylic acids is 3. The summed E-state index contributed by atoms with van der Waals surface area (Å²) in [4.78, 5) is 41.9. The molecule has 0 spiro atoms. The van der Waals surface area contributed by atoms with Crippen molar-refractivity contribution in [3.05, 3.63) is 60.0 Å². The first-order chi connectivity index (χ1) is 19.4. The minimum atomic E-state index is -1.45. The molecule has 12 heteroatoms. The van der Waals surface area contributed by atoms with Gasteiger partial charge in [-0.3, -0.25) is 14.4 Å². The average Bonchev–Trinajstić information content (AvgIpc) is 3.48. The van der Waals surface area contributed by atoms with Crippen LogP contribution in [0.2, 0.25) is 0 Å². The smallest absolute Gasteiger partial charge is 0.323 e. The number of amides is 1. The van der Waals surface area contributed by atoms with Gasteiger partial charge in [0.1, 0.15) is 42.3 Å². The maximum absolute atomic E-state index is 12.8. The fourth-order valence-corrected chi connectivity index (χ4v) is 4.59. The Bertz CT molecular complexity index is 1390. The largest absolute Gasteiger partial charge is 0.463 e. The highest BCUT2D eigenvalue weighted by Crippen LogP contribution is 2.42. The third-order valence-electron chi connectivity index (χ3n) is 7.21. The topological polar surface area (TPSA) is 167 Å². The van der Waals surface area contributed by atoms with Crippen LogP contribution in [0.3, 0.4) is 0 Å². The van der Waals surface area contributed by atoms with Crippen LogP contribution in [0.5, 0.6) is 0 Å². The van der Waals surface area contributed by atoms with Gasteiger partial charge in [-0.15, -0.1) is 0 Å². The van der Waals surface area contributed by atoms with Gasteiger partial charge in [0.25, 0.3) is 0 Å². The monoisotopic (exact) mass is 567 g/mol. The van der Waals surface area contributed by atoms with Crippen molar-refractivity contribution in [3.63, 3.8) is 0 Å². The average molecular weight is 568 g/mol. The molecular formula is C29H37N5O7. The van der Waals surface area contributed by atoms with E-state index in [0.29, 0.717) is 17.0 Å². The third-order valence-corrected chi connectivity index (χ3v) is 7.21. The molecule has 0 aliphatic carbocycles. The molecule has 5 atom stereocenters. The predicted octanol–water partition coefficient (Wildman–Crippen LogP) is 1.98. The summed E-state index contributed by atoms with van der Waals surface area (Å²) in [6.07, 6.45) is -2.27. The molecule has 3 aromatic rings. The van der Waals surface area contributed by atoms with Crippen LogP contribution in [0.4, 0.5) is 5.82 Å². The number of fused-ring (bicyclic) bond motifs is 1. The molecule has 220 valence electrons. The summed E-state index contributed by atoms with van der Waals surface area (Å²) in [5, 5.41) is 18.6. The normalized spacial score (nSPS) is 23.1. The fraction of sp³-hybridized carbons (Fsp3) is 0.483. The second kappa shape index (κ2) is 12.3. The zero-order valence-electron chi connectivity index (χ0n) is 23.8. The maximum atomic E-state index is 12.8. The number of aliphatic hydroxyl groups is 1. The Labute approximate surface area is 238 Å². The Hall–Kier alpha value is -3.87. The highest BCUT2D eigenvalue weighted by Gasteiger charge is 2.56. The van der Waals surface area contributed by atoms with Crippen LogP contribution in [0, 0.1) is 11.8 Å². The minimum Gasteiger partial charge on any atom is -0.463 e. The van der Waals surface area contributed by atoms with Gasteiger partial charge in [-0.2, -0.15) is 5.10 Å². The number of ether oxygens (including phenoxy) is 3. The molecule has 0 bridgehead atoms. The van der Waals surface area contributed by atoms with Crippen LogP contribution in [0.1, 0.15) is 45.9 Å². The van der Waals surface area contributed by atoms with Crippen molar-refractivity contribution in [1.82, 2.24) is 14.6 Å². The molecule has 2 aromatic heterocycles. The first kappa shape index (κ1) is 30.1. The second-order valence-electron chi connectivity index (χ2n) is 11.0. The van der Waals surface area contributed by atoms with Gasteiger partial charge in [0.15, 0.2) is 11.9 Å². The minimum absolute atomic E-state index is 0.0429. The van der Waals surface area contributed by atoms with Crippen LogP contribution in [-0.2, 0) is 40.6 Å². The van der Waals surface area contributed by atoms with Crippen LogP contribution >= 0.6 is 0 Å². The number of hydrogen-bond acceptors (Lipinski definition) is 10. The van der Waals surface area contributed by atoms with Gasteiger partial charge in [0, 0.05) is 5.92 Å². The molecule has 4 N–H and O–H groups in total. The van der Waals surface area contributed by atoms with E-state index in [1.807, 2.05) is 30.3 Å². The zero-order chi connectivity index (χ0) is 29.9. The quantitative estimate of drug-likeness (QED) is 0.308. The number of benzene rings is 1. The Morgan fingerprint density at radius 3 is 2.51 bits per heavy atom. The molecule has 3 heterocycles. The summed E-state index contributed by atoms with van der Waals surface area (Å²) in [7, 11) is 0. The van der Waals surface area contributed by atoms with E-state index in [-0.39, 0.29) is 30.8 Å². The van der Waals surface area contributed by atoms with E-state index in [0.717, 1.165) is 5.56 Å². The fourth-order valence-electron chi connectivity index (χ4n) is 4.59. The Morgan fingerprint density at radius 1 is 1.15 bits per heavy atom. The lowest BCUT2D eigenvalue weighted by atomic mass is 9.93. The van der Waals surface area contributed by atoms with E-state index >= 15 is 0 Å². The molecule has 1 saturated heterocycles. The number of hydrogen-bond donors (Lipinski definition) is 3. The molecule has 41 heavy (non-hydrogen) atoms. The number of anilines is 1. The summed E-state index contributed by atoms with van der Waals surface area (Å²) in [5.41, 5.74) is 6.22. The van der Waals surface area contributed by atoms with Crippen molar-refractivity contribution in [3.8, 4) is 0 Å². The van der Waals surface area contributed by atoms with Crippen molar-refractivity contribution in [2.24, 2.45) is 17.6 Å². The van der Waals surface area contributed by atoms with E-state index in [4.69, 9.17) is 19.9 Å². The summed E-state index contributed by atoms with van der Waals surface area (Å²) < 4.78 is 19.0. The van der Waals surface area contributed by atoms with Crippen molar-refractivity contribution < 1.29 is 33.7 Å². The maximum Gasteiger partial charge on any atom is 0.323 e. The van der Waals surface area contributed by atoms with Gasteiger partial charge >= 0.3 is 11.9 Å². The lowest BCUT2D eigenvalue weighted by Crippen LogP contribution is -2.46. The van der Waals surface area contributed by atoms with E-state index in [2.05, 4.69) is 15.4 Å². The molecular weight excluding hydrogens is 530 g/mol. The van der Waals surface area contributed by atoms with E-state index in [1.54, 1.807) is 46.8 Å². The van der Waals surface area contributed by atoms with Crippen molar-refractivity contribution in [2.45, 2.75) is 71.0 Å². The molecule has 4 rings (SSSR count). The van der Waals surface area contributed by atoms with Crippen LogP contribution in [-0.4, -0.2) is 68.5 Å². The Balaban J connectivity index is 1.62. The molecule has 0 unspecified atom stereocenters. The first-order valence-electron chi connectivity index (χ1n) is 13.6. The van der Waals surface area contributed by atoms with E-state index in [1.165, 1.54) is 10.8 Å². The van der Waals surface area contributed by atoms with Crippen molar-refractivity contribution in [2.75, 3.05) is 11.9 Å². The van der Waals surface area contributed by atoms with Gasteiger partial charge < -0.3 is 30.4 Å². The number of esters is 2. The first-order valence-corrected chi connectivity index (χ1v) is 13.6. The molecule has 1 fully saturated rings. The number of carbonyl (C=O) groups is 3. The van der Waals surface area contributed by atoms with Crippen molar-refractivity contribution in [1.29, 1.82) is 0 Å². The number of nitrogens with two attached hydrogens (primary N) is 1. The molecule has 0 saturated carbocycles. The number of aliphatic hydroxyl groups excluding tert-OH is 1.